The molecule has 0 radical (unpaired) electrons. The van der Waals surface area contributed by atoms with Crippen molar-refractivity contribution in [3.8, 4) is 0 Å². The van der Waals surface area contributed by atoms with Gasteiger partial charge in [0.05, 0.1) is 13.8 Å². The minimum Gasteiger partial charge on any atom is -0.463 e. The molecule has 1 aliphatic heterocycles. The van der Waals surface area contributed by atoms with Crippen LogP contribution in [-0.2, 0) is 33.3 Å². The first-order valence-electron chi connectivity index (χ1n) is 13.6. The van der Waals surface area contributed by atoms with Crippen LogP contribution < -0.4 is 0 Å². The molecule has 0 aliphatic carbocycles. The van der Waals surface area contributed by atoms with E-state index in [0.717, 1.165) is 12.5 Å². The SMILES string of the molecule is CCCCCCCCCCCC[Si](C)(C)C1OC(COC(C)=O)C(OC(C)=O)C(OC(C)=O)C1C. The van der Waals surface area contributed by atoms with E-state index in [4.69, 9.17) is 18.9 Å². The Balaban J connectivity index is 2.75. The molecule has 0 spiro atoms. The van der Waals surface area contributed by atoms with Gasteiger partial charge in [0, 0.05) is 26.7 Å². The molecule has 0 aromatic heterocycles. The van der Waals surface area contributed by atoms with Gasteiger partial charge in [-0.25, -0.2) is 0 Å². The second-order valence-corrected chi connectivity index (χ2v) is 15.9. The average molecular weight is 515 g/mol. The van der Waals surface area contributed by atoms with Gasteiger partial charge < -0.3 is 18.9 Å². The molecule has 8 heteroatoms. The summed E-state index contributed by atoms with van der Waals surface area (Å²) in [6.07, 6.45) is 10.8. The monoisotopic (exact) mass is 514 g/mol. The molecular weight excluding hydrogens is 464 g/mol. The molecule has 204 valence electrons. The molecule has 1 fully saturated rings. The van der Waals surface area contributed by atoms with Crippen LogP contribution in [0.4, 0.5) is 0 Å². The van der Waals surface area contributed by atoms with Gasteiger partial charge in [-0.3, -0.25) is 14.4 Å². The van der Waals surface area contributed by atoms with Crippen molar-refractivity contribution in [1.29, 1.82) is 0 Å². The van der Waals surface area contributed by atoms with E-state index >= 15 is 0 Å². The predicted octanol–water partition coefficient (Wildman–Crippen LogP) is 5.98. The van der Waals surface area contributed by atoms with Crippen LogP contribution in [-0.4, -0.2) is 56.6 Å². The standard InChI is InChI=1S/C27H50O7Si/c1-8-9-10-11-12-13-14-15-16-17-18-35(6,7)27-20(2)25(32-22(4)29)26(33-23(5)30)24(34-27)19-31-21(3)28/h20,24-27H,8-19H2,1-7H3. The smallest absolute Gasteiger partial charge is 0.303 e. The van der Waals surface area contributed by atoms with Crippen LogP contribution in [0.2, 0.25) is 19.1 Å². The van der Waals surface area contributed by atoms with Gasteiger partial charge in [-0.2, -0.15) is 0 Å². The fraction of sp³-hybridized carbons (Fsp3) is 0.889. The lowest BCUT2D eigenvalue weighted by molar-refractivity contribution is -0.220. The third kappa shape index (κ3) is 11.9. The molecule has 0 aromatic carbocycles. The van der Waals surface area contributed by atoms with Crippen molar-refractivity contribution in [1.82, 2.24) is 0 Å². The molecule has 0 bridgehead atoms. The Bertz CT molecular complexity index is 651. The van der Waals surface area contributed by atoms with E-state index in [-0.39, 0.29) is 18.3 Å². The zero-order chi connectivity index (χ0) is 26.4. The Morgan fingerprint density at radius 1 is 0.743 bits per heavy atom. The molecule has 1 rings (SSSR count). The zero-order valence-corrected chi connectivity index (χ0v) is 24.2. The quantitative estimate of drug-likeness (QED) is 0.108. The summed E-state index contributed by atoms with van der Waals surface area (Å²) in [7, 11) is -1.91. The van der Waals surface area contributed by atoms with Crippen LogP contribution in [0.3, 0.4) is 0 Å². The van der Waals surface area contributed by atoms with E-state index in [1.54, 1.807) is 0 Å². The van der Waals surface area contributed by atoms with E-state index in [9.17, 15) is 14.4 Å². The van der Waals surface area contributed by atoms with Gasteiger partial charge >= 0.3 is 17.9 Å². The molecule has 1 saturated heterocycles. The molecule has 35 heavy (non-hydrogen) atoms. The first-order valence-corrected chi connectivity index (χ1v) is 16.9. The third-order valence-electron chi connectivity index (χ3n) is 7.01. The topological polar surface area (TPSA) is 88.1 Å². The van der Waals surface area contributed by atoms with Crippen LogP contribution in [0.25, 0.3) is 0 Å². The van der Waals surface area contributed by atoms with Gasteiger partial charge in [0.15, 0.2) is 6.10 Å². The number of hydrogen-bond donors (Lipinski definition) is 0. The highest BCUT2D eigenvalue weighted by Crippen LogP contribution is 2.37. The number of carbonyl (C=O) groups is 3. The second-order valence-electron chi connectivity index (χ2n) is 10.8. The lowest BCUT2D eigenvalue weighted by Gasteiger charge is -2.49. The van der Waals surface area contributed by atoms with Gasteiger partial charge in [0.25, 0.3) is 0 Å². The highest BCUT2D eigenvalue weighted by Gasteiger charge is 2.52. The fourth-order valence-electron chi connectivity index (χ4n) is 5.21. The van der Waals surface area contributed by atoms with Gasteiger partial charge in [-0.15, -0.1) is 0 Å². The summed E-state index contributed by atoms with van der Waals surface area (Å²) in [6, 6.07) is 1.10. The highest BCUT2D eigenvalue weighted by atomic mass is 28.3. The van der Waals surface area contributed by atoms with Crippen LogP contribution in [0.1, 0.15) is 98.8 Å². The van der Waals surface area contributed by atoms with Crippen LogP contribution in [0.15, 0.2) is 0 Å². The molecule has 1 aliphatic rings. The number of rotatable bonds is 16. The summed E-state index contributed by atoms with van der Waals surface area (Å²) in [5.41, 5.74) is -0.113. The molecule has 0 aromatic rings. The normalized spacial score (nSPS) is 24.6. The lowest BCUT2D eigenvalue weighted by atomic mass is 9.93. The average Bonchev–Trinajstić information content (AvgIpc) is 2.76. The summed E-state index contributed by atoms with van der Waals surface area (Å²) in [5, 5.41) is 0. The van der Waals surface area contributed by atoms with Crippen molar-refractivity contribution >= 4 is 26.0 Å². The summed E-state index contributed by atoms with van der Waals surface area (Å²) in [6.45, 7) is 12.8. The van der Waals surface area contributed by atoms with Crippen molar-refractivity contribution in [3.63, 3.8) is 0 Å². The van der Waals surface area contributed by atoms with Gasteiger partial charge in [0.2, 0.25) is 0 Å². The van der Waals surface area contributed by atoms with Crippen molar-refractivity contribution in [2.24, 2.45) is 5.92 Å². The summed E-state index contributed by atoms with van der Waals surface area (Å²) in [4.78, 5) is 35.2. The Kier molecular flexibility index (Phi) is 14.8. The fourth-order valence-corrected chi connectivity index (χ4v) is 8.82. The van der Waals surface area contributed by atoms with Crippen molar-refractivity contribution in [2.45, 2.75) is 142 Å². The molecule has 0 N–H and O–H groups in total. The maximum absolute atomic E-state index is 11.9. The first-order chi connectivity index (χ1) is 16.5. The van der Waals surface area contributed by atoms with Crippen molar-refractivity contribution in [2.75, 3.05) is 6.61 Å². The maximum atomic E-state index is 11.9. The Hall–Kier alpha value is -1.41. The maximum Gasteiger partial charge on any atom is 0.303 e. The van der Waals surface area contributed by atoms with Crippen molar-refractivity contribution < 1.29 is 33.3 Å². The van der Waals surface area contributed by atoms with Crippen molar-refractivity contribution in [3.05, 3.63) is 0 Å². The van der Waals surface area contributed by atoms with E-state index in [0.29, 0.717) is 0 Å². The minimum absolute atomic E-state index is 0.0446. The van der Waals surface area contributed by atoms with Gasteiger partial charge in [-0.1, -0.05) is 97.2 Å². The van der Waals surface area contributed by atoms with Gasteiger partial charge in [0.1, 0.15) is 18.8 Å². The van der Waals surface area contributed by atoms with E-state index in [1.807, 2.05) is 6.92 Å². The Morgan fingerprint density at radius 3 is 1.71 bits per heavy atom. The van der Waals surface area contributed by atoms with Crippen LogP contribution in [0.5, 0.6) is 0 Å². The second kappa shape index (κ2) is 16.4. The largest absolute Gasteiger partial charge is 0.463 e. The number of ether oxygens (including phenoxy) is 4. The molecule has 1 heterocycles. The number of carbonyl (C=O) groups excluding carboxylic acids is 3. The number of hydrogen-bond acceptors (Lipinski definition) is 7. The minimum atomic E-state index is -1.91. The molecular formula is C27H50O7Si. The van der Waals surface area contributed by atoms with Gasteiger partial charge in [-0.05, 0) is 0 Å². The third-order valence-corrected chi connectivity index (χ3v) is 10.9. The highest BCUT2D eigenvalue weighted by molar-refractivity contribution is 6.78. The zero-order valence-electron chi connectivity index (χ0n) is 23.2. The summed E-state index contributed by atoms with van der Waals surface area (Å²) in [5.74, 6) is -1.49. The molecule has 7 nitrogen and oxygen atoms in total. The summed E-state index contributed by atoms with van der Waals surface area (Å²) < 4.78 is 22.9. The van der Waals surface area contributed by atoms with Crippen LogP contribution in [0, 0.1) is 5.92 Å². The lowest BCUT2D eigenvalue weighted by Crippen LogP contribution is -2.63. The van der Waals surface area contributed by atoms with E-state index in [2.05, 4.69) is 20.0 Å². The molecule has 5 unspecified atom stereocenters. The molecule has 5 atom stereocenters. The Morgan fingerprint density at radius 2 is 1.23 bits per heavy atom. The first kappa shape index (κ1) is 31.6. The summed E-state index contributed by atoms with van der Waals surface area (Å²) >= 11 is 0. The molecule has 0 amide bonds. The van der Waals surface area contributed by atoms with Crippen LogP contribution >= 0.6 is 0 Å². The Labute approximate surface area is 214 Å². The predicted molar refractivity (Wildman–Crippen MR) is 140 cm³/mol. The number of esters is 3. The molecule has 0 saturated carbocycles. The number of unbranched alkanes of at least 4 members (excludes halogenated alkanes) is 9. The van der Waals surface area contributed by atoms with E-state index < -0.39 is 44.3 Å². The van der Waals surface area contributed by atoms with E-state index in [1.165, 1.54) is 78.6 Å².